The van der Waals surface area contributed by atoms with Crippen LogP contribution in [-0.4, -0.2) is 29.3 Å². The minimum Gasteiger partial charge on any atom is -0.292 e. The zero-order valence-corrected chi connectivity index (χ0v) is 13.1. The van der Waals surface area contributed by atoms with Gasteiger partial charge < -0.3 is 0 Å². The van der Waals surface area contributed by atoms with Crippen LogP contribution in [0.3, 0.4) is 0 Å². The van der Waals surface area contributed by atoms with Crippen molar-refractivity contribution >= 4 is 5.78 Å². The van der Waals surface area contributed by atoms with E-state index >= 15 is 0 Å². The predicted octanol–water partition coefficient (Wildman–Crippen LogP) is 4.08. The summed E-state index contributed by atoms with van der Waals surface area (Å²) in [7, 11) is 0. The summed E-state index contributed by atoms with van der Waals surface area (Å²) in [5.74, 6) is 0.265. The summed E-state index contributed by atoms with van der Waals surface area (Å²) in [5.41, 5.74) is 2.14. The van der Waals surface area contributed by atoms with E-state index in [1.165, 1.54) is 31.2 Å². The third-order valence-corrected chi connectivity index (χ3v) is 4.63. The van der Waals surface area contributed by atoms with E-state index in [4.69, 9.17) is 0 Å². The van der Waals surface area contributed by atoms with E-state index in [-0.39, 0.29) is 11.8 Å². The molecule has 0 spiro atoms. The molecule has 2 atom stereocenters. The van der Waals surface area contributed by atoms with Gasteiger partial charge in [0.1, 0.15) is 0 Å². The first kappa shape index (κ1) is 15.2. The van der Waals surface area contributed by atoms with Gasteiger partial charge in [-0.3, -0.25) is 9.69 Å². The van der Waals surface area contributed by atoms with Crippen LogP contribution in [-0.2, 0) is 6.42 Å². The number of rotatable bonds is 4. The standard InChI is InChI=1S/C18H27NO/c1-4-16-9-11-17(12-10-16)18(20)15(3)19-13-7-5-6-8-14(19)2/h9-12,14-15H,4-8,13H2,1-3H3. The molecule has 0 radical (unpaired) electrons. The molecule has 0 N–H and O–H groups in total. The predicted molar refractivity (Wildman–Crippen MR) is 84.2 cm³/mol. The fraction of sp³-hybridized carbons (Fsp3) is 0.611. The van der Waals surface area contributed by atoms with Crippen LogP contribution >= 0.6 is 0 Å². The Kier molecular flexibility index (Phi) is 5.36. The molecule has 0 amide bonds. The second-order valence-electron chi connectivity index (χ2n) is 6.03. The van der Waals surface area contributed by atoms with E-state index in [1.54, 1.807) is 0 Å². The Hall–Kier alpha value is -1.15. The van der Waals surface area contributed by atoms with E-state index in [2.05, 4.69) is 37.8 Å². The minimum atomic E-state index is -0.00410. The Morgan fingerprint density at radius 3 is 2.60 bits per heavy atom. The first-order valence-corrected chi connectivity index (χ1v) is 8.02. The molecule has 0 saturated carbocycles. The van der Waals surface area contributed by atoms with Gasteiger partial charge in [-0.15, -0.1) is 0 Å². The molecule has 2 rings (SSSR count). The van der Waals surface area contributed by atoms with Gasteiger partial charge in [-0.05, 0) is 45.2 Å². The maximum atomic E-state index is 12.7. The third kappa shape index (κ3) is 3.49. The number of benzene rings is 1. The average Bonchev–Trinajstić information content (AvgIpc) is 2.70. The first-order valence-electron chi connectivity index (χ1n) is 8.02. The number of aryl methyl sites for hydroxylation is 1. The van der Waals surface area contributed by atoms with Crippen molar-refractivity contribution in [3.8, 4) is 0 Å². The molecule has 1 aromatic rings. The Morgan fingerprint density at radius 1 is 1.25 bits per heavy atom. The lowest BCUT2D eigenvalue weighted by molar-refractivity contribution is 0.0780. The summed E-state index contributed by atoms with van der Waals surface area (Å²) in [5, 5.41) is 0. The summed E-state index contributed by atoms with van der Waals surface area (Å²) in [6, 6.07) is 8.64. The molecule has 1 fully saturated rings. The Balaban J connectivity index is 2.09. The number of nitrogens with zero attached hydrogens (tertiary/aromatic N) is 1. The van der Waals surface area contributed by atoms with Crippen molar-refractivity contribution in [2.75, 3.05) is 6.54 Å². The maximum absolute atomic E-state index is 12.7. The van der Waals surface area contributed by atoms with Gasteiger partial charge in [0.15, 0.2) is 5.78 Å². The lowest BCUT2D eigenvalue weighted by atomic mass is 10.0. The van der Waals surface area contributed by atoms with Gasteiger partial charge in [0.25, 0.3) is 0 Å². The monoisotopic (exact) mass is 273 g/mol. The molecule has 1 aliphatic rings. The quantitative estimate of drug-likeness (QED) is 0.770. The molecular weight excluding hydrogens is 246 g/mol. The number of likely N-dealkylation sites (tertiary alicyclic amines) is 1. The number of hydrogen-bond donors (Lipinski definition) is 0. The molecule has 1 heterocycles. The first-order chi connectivity index (χ1) is 9.63. The normalized spacial score (nSPS) is 22.2. The van der Waals surface area contributed by atoms with Gasteiger partial charge in [-0.1, -0.05) is 44.0 Å². The second kappa shape index (κ2) is 7.03. The lowest BCUT2D eigenvalue weighted by Gasteiger charge is -2.32. The Morgan fingerprint density at radius 2 is 1.95 bits per heavy atom. The molecule has 0 bridgehead atoms. The van der Waals surface area contributed by atoms with Gasteiger partial charge in [-0.25, -0.2) is 0 Å². The smallest absolute Gasteiger partial charge is 0.179 e. The van der Waals surface area contributed by atoms with Crippen LogP contribution in [0.2, 0.25) is 0 Å². The fourth-order valence-corrected chi connectivity index (χ4v) is 3.17. The molecular formula is C18H27NO. The summed E-state index contributed by atoms with van der Waals surface area (Å²) in [4.78, 5) is 15.1. The van der Waals surface area contributed by atoms with Crippen LogP contribution < -0.4 is 0 Å². The number of hydrogen-bond acceptors (Lipinski definition) is 2. The summed E-state index contributed by atoms with van der Waals surface area (Å²) < 4.78 is 0. The lowest BCUT2D eigenvalue weighted by Crippen LogP contribution is -2.44. The molecule has 0 aromatic heterocycles. The zero-order chi connectivity index (χ0) is 14.5. The van der Waals surface area contributed by atoms with Crippen LogP contribution in [0.25, 0.3) is 0 Å². The summed E-state index contributed by atoms with van der Waals surface area (Å²) in [6.45, 7) is 7.52. The number of Topliss-reactive ketones (excluding diaryl/α,β-unsaturated/α-hetero) is 1. The van der Waals surface area contributed by atoms with Crippen molar-refractivity contribution in [1.82, 2.24) is 4.90 Å². The van der Waals surface area contributed by atoms with Gasteiger partial charge >= 0.3 is 0 Å². The molecule has 1 aliphatic heterocycles. The van der Waals surface area contributed by atoms with Crippen LogP contribution in [0.5, 0.6) is 0 Å². The van der Waals surface area contributed by atoms with Crippen molar-refractivity contribution in [1.29, 1.82) is 0 Å². The molecule has 110 valence electrons. The van der Waals surface area contributed by atoms with Crippen LogP contribution in [0, 0.1) is 0 Å². The molecule has 0 aliphatic carbocycles. The van der Waals surface area contributed by atoms with Crippen molar-refractivity contribution in [3.63, 3.8) is 0 Å². The zero-order valence-electron chi connectivity index (χ0n) is 13.1. The Bertz CT molecular complexity index is 437. The van der Waals surface area contributed by atoms with Gasteiger partial charge in [-0.2, -0.15) is 0 Å². The maximum Gasteiger partial charge on any atom is 0.179 e. The molecule has 1 aromatic carbocycles. The Labute approximate surface area is 123 Å². The molecule has 2 nitrogen and oxygen atoms in total. The molecule has 20 heavy (non-hydrogen) atoms. The van der Waals surface area contributed by atoms with Gasteiger partial charge in [0.2, 0.25) is 0 Å². The molecule has 2 unspecified atom stereocenters. The van der Waals surface area contributed by atoms with Crippen LogP contribution in [0.1, 0.15) is 62.4 Å². The van der Waals surface area contributed by atoms with Gasteiger partial charge in [0, 0.05) is 11.6 Å². The van der Waals surface area contributed by atoms with Crippen molar-refractivity contribution in [2.24, 2.45) is 0 Å². The number of carbonyl (C=O) groups is 1. The fourth-order valence-electron chi connectivity index (χ4n) is 3.17. The highest BCUT2D eigenvalue weighted by Crippen LogP contribution is 2.21. The number of ketones is 1. The molecule has 2 heteroatoms. The van der Waals surface area contributed by atoms with E-state index in [9.17, 15) is 4.79 Å². The van der Waals surface area contributed by atoms with Crippen LogP contribution in [0.4, 0.5) is 0 Å². The summed E-state index contributed by atoms with van der Waals surface area (Å²) in [6.07, 6.45) is 6.05. The van der Waals surface area contributed by atoms with E-state index < -0.39 is 0 Å². The highest BCUT2D eigenvalue weighted by Gasteiger charge is 2.27. The second-order valence-corrected chi connectivity index (χ2v) is 6.03. The van der Waals surface area contributed by atoms with Crippen LogP contribution in [0.15, 0.2) is 24.3 Å². The van der Waals surface area contributed by atoms with E-state index in [0.717, 1.165) is 18.5 Å². The van der Waals surface area contributed by atoms with Crippen molar-refractivity contribution in [3.05, 3.63) is 35.4 Å². The minimum absolute atomic E-state index is 0.00410. The van der Waals surface area contributed by atoms with E-state index in [1.807, 2.05) is 12.1 Å². The highest BCUT2D eigenvalue weighted by atomic mass is 16.1. The number of carbonyl (C=O) groups excluding carboxylic acids is 1. The SMILES string of the molecule is CCc1ccc(C(=O)C(C)N2CCCCCC2C)cc1. The van der Waals surface area contributed by atoms with Gasteiger partial charge in [0.05, 0.1) is 6.04 Å². The highest BCUT2D eigenvalue weighted by molar-refractivity contribution is 5.99. The third-order valence-electron chi connectivity index (χ3n) is 4.63. The largest absolute Gasteiger partial charge is 0.292 e. The average molecular weight is 273 g/mol. The topological polar surface area (TPSA) is 20.3 Å². The van der Waals surface area contributed by atoms with Crippen molar-refractivity contribution < 1.29 is 4.79 Å². The van der Waals surface area contributed by atoms with E-state index in [0.29, 0.717) is 6.04 Å². The summed E-state index contributed by atoms with van der Waals surface area (Å²) >= 11 is 0. The molecule has 1 saturated heterocycles. The van der Waals surface area contributed by atoms with Crippen molar-refractivity contribution in [2.45, 2.75) is 65.0 Å².